The van der Waals surface area contributed by atoms with E-state index >= 15 is 0 Å². The first-order valence-corrected chi connectivity index (χ1v) is 5.29. The maximum Gasteiger partial charge on any atom is 0.340 e. The van der Waals surface area contributed by atoms with Gasteiger partial charge in [0, 0.05) is 0 Å². The van der Waals surface area contributed by atoms with Gasteiger partial charge in [0.1, 0.15) is 6.61 Å². The monoisotopic (exact) mass is 222 g/mol. The van der Waals surface area contributed by atoms with E-state index in [0.29, 0.717) is 12.2 Å². The Kier molecular flexibility index (Phi) is 3.54. The lowest BCUT2D eigenvalue weighted by Crippen LogP contribution is -2.19. The third kappa shape index (κ3) is 2.59. The molecule has 0 aliphatic carbocycles. The lowest BCUT2D eigenvalue weighted by atomic mass is 10.1. The molecule has 0 spiro atoms. The quantitative estimate of drug-likeness (QED) is 0.731. The minimum absolute atomic E-state index is 0.187. The van der Waals surface area contributed by atoms with E-state index in [9.17, 15) is 4.79 Å². The summed E-state index contributed by atoms with van der Waals surface area (Å²) in [6.45, 7) is 2.56. The van der Waals surface area contributed by atoms with Gasteiger partial charge >= 0.3 is 5.97 Å². The number of ether oxygens (including phenoxy) is 3. The normalized spacial score (nSPS) is 19.7. The Balaban J connectivity index is 1.97. The summed E-state index contributed by atoms with van der Waals surface area (Å²) in [6.07, 6.45) is 0.382. The molecule has 1 saturated heterocycles. The summed E-state index contributed by atoms with van der Waals surface area (Å²) in [5.74, 6) is -0.377. The predicted molar refractivity (Wildman–Crippen MR) is 56.9 cm³/mol. The van der Waals surface area contributed by atoms with E-state index in [0.717, 1.165) is 6.42 Å². The molecule has 4 nitrogen and oxygen atoms in total. The fraction of sp³-hybridized carbons (Fsp3) is 0.417. The molecule has 0 saturated carbocycles. The number of carbonyl (C=O) groups is 1. The van der Waals surface area contributed by atoms with Crippen LogP contribution in [0.1, 0.15) is 22.8 Å². The zero-order valence-electron chi connectivity index (χ0n) is 9.14. The molecule has 1 aliphatic rings. The third-order valence-electron chi connectivity index (χ3n) is 2.43. The highest BCUT2D eigenvalue weighted by molar-refractivity contribution is 5.89. The van der Waals surface area contributed by atoms with Crippen molar-refractivity contribution in [2.45, 2.75) is 19.6 Å². The maximum atomic E-state index is 11.6. The summed E-state index contributed by atoms with van der Waals surface area (Å²) in [6, 6.07) is 7.36. The number of benzene rings is 1. The van der Waals surface area contributed by atoms with Gasteiger partial charge in [0.2, 0.25) is 6.29 Å². The standard InChI is InChI=1S/C12H14O4/c1-2-9-3-5-10(6-4-9)12(13)16-11-7-14-8-15-11/h3-6,11H,2,7-8H2,1H3. The van der Waals surface area contributed by atoms with Gasteiger partial charge in [0.15, 0.2) is 6.79 Å². The van der Waals surface area contributed by atoms with E-state index in [-0.39, 0.29) is 12.8 Å². The molecule has 86 valence electrons. The molecule has 1 aromatic carbocycles. The summed E-state index contributed by atoms with van der Waals surface area (Å²) in [5, 5.41) is 0. The second-order valence-corrected chi connectivity index (χ2v) is 3.54. The lowest BCUT2D eigenvalue weighted by Gasteiger charge is -2.09. The SMILES string of the molecule is CCc1ccc(C(=O)OC2COCO2)cc1. The second kappa shape index (κ2) is 5.09. The van der Waals surface area contributed by atoms with Gasteiger partial charge in [-0.05, 0) is 24.1 Å². The van der Waals surface area contributed by atoms with Crippen molar-refractivity contribution in [1.29, 1.82) is 0 Å². The summed E-state index contributed by atoms with van der Waals surface area (Å²) in [4.78, 5) is 11.6. The Morgan fingerprint density at radius 2 is 2.19 bits per heavy atom. The first-order chi connectivity index (χ1) is 7.79. The highest BCUT2D eigenvalue weighted by atomic mass is 16.8. The van der Waals surface area contributed by atoms with Gasteiger partial charge in [-0.2, -0.15) is 0 Å². The number of hydrogen-bond acceptors (Lipinski definition) is 4. The van der Waals surface area contributed by atoms with E-state index in [1.165, 1.54) is 5.56 Å². The van der Waals surface area contributed by atoms with Crippen LogP contribution in [0.25, 0.3) is 0 Å². The van der Waals surface area contributed by atoms with Crippen LogP contribution in [-0.4, -0.2) is 25.7 Å². The van der Waals surface area contributed by atoms with E-state index in [4.69, 9.17) is 14.2 Å². The molecule has 1 heterocycles. The molecule has 0 amide bonds. The Morgan fingerprint density at radius 3 is 2.75 bits per heavy atom. The van der Waals surface area contributed by atoms with Gasteiger partial charge in [0.25, 0.3) is 0 Å². The molecule has 1 fully saturated rings. The maximum absolute atomic E-state index is 11.6. The molecule has 0 bridgehead atoms. The van der Waals surface area contributed by atoms with Crippen LogP contribution in [0.2, 0.25) is 0 Å². The summed E-state index contributed by atoms with van der Waals surface area (Å²) in [7, 11) is 0. The van der Waals surface area contributed by atoms with E-state index in [2.05, 4.69) is 6.92 Å². The Morgan fingerprint density at radius 1 is 1.44 bits per heavy atom. The van der Waals surface area contributed by atoms with Crippen molar-refractivity contribution in [2.24, 2.45) is 0 Å². The van der Waals surface area contributed by atoms with Crippen molar-refractivity contribution < 1.29 is 19.0 Å². The summed E-state index contributed by atoms with van der Waals surface area (Å²) in [5.41, 5.74) is 1.73. The van der Waals surface area contributed by atoms with E-state index < -0.39 is 6.29 Å². The van der Waals surface area contributed by atoms with Crippen LogP contribution in [0, 0.1) is 0 Å². The van der Waals surface area contributed by atoms with Crippen LogP contribution in [0.4, 0.5) is 0 Å². The molecular formula is C12H14O4. The van der Waals surface area contributed by atoms with Gasteiger partial charge in [-0.3, -0.25) is 0 Å². The van der Waals surface area contributed by atoms with Crippen LogP contribution in [0.5, 0.6) is 0 Å². The molecule has 0 radical (unpaired) electrons. The molecule has 1 atom stereocenters. The van der Waals surface area contributed by atoms with Gasteiger partial charge in [-0.15, -0.1) is 0 Å². The molecule has 0 N–H and O–H groups in total. The molecule has 1 unspecified atom stereocenters. The molecule has 16 heavy (non-hydrogen) atoms. The Bertz CT molecular complexity index is 352. The average Bonchev–Trinajstić information content (AvgIpc) is 2.82. The zero-order chi connectivity index (χ0) is 11.4. The largest absolute Gasteiger partial charge is 0.429 e. The van der Waals surface area contributed by atoms with Crippen molar-refractivity contribution in [3.8, 4) is 0 Å². The third-order valence-corrected chi connectivity index (χ3v) is 2.43. The van der Waals surface area contributed by atoms with Crippen LogP contribution >= 0.6 is 0 Å². The van der Waals surface area contributed by atoms with Crippen LogP contribution in [-0.2, 0) is 20.6 Å². The molecule has 4 heteroatoms. The van der Waals surface area contributed by atoms with Crippen LogP contribution in [0.3, 0.4) is 0 Å². The molecular weight excluding hydrogens is 208 g/mol. The van der Waals surface area contributed by atoms with Crippen molar-refractivity contribution in [2.75, 3.05) is 13.4 Å². The molecule has 1 aromatic rings. The Labute approximate surface area is 94.1 Å². The van der Waals surface area contributed by atoms with Gasteiger partial charge in [-0.1, -0.05) is 19.1 Å². The number of carbonyl (C=O) groups excluding carboxylic acids is 1. The minimum Gasteiger partial charge on any atom is -0.429 e. The van der Waals surface area contributed by atoms with Crippen LogP contribution in [0.15, 0.2) is 24.3 Å². The van der Waals surface area contributed by atoms with E-state index in [1.54, 1.807) is 12.1 Å². The number of aryl methyl sites for hydroxylation is 1. The first kappa shape index (κ1) is 11.1. The topological polar surface area (TPSA) is 44.8 Å². The smallest absolute Gasteiger partial charge is 0.340 e. The average molecular weight is 222 g/mol. The Hall–Kier alpha value is -1.39. The van der Waals surface area contributed by atoms with Crippen molar-refractivity contribution in [3.05, 3.63) is 35.4 Å². The number of esters is 1. The van der Waals surface area contributed by atoms with Gasteiger partial charge < -0.3 is 14.2 Å². The summed E-state index contributed by atoms with van der Waals surface area (Å²) < 4.78 is 15.0. The van der Waals surface area contributed by atoms with Crippen molar-refractivity contribution >= 4 is 5.97 Å². The highest BCUT2D eigenvalue weighted by Gasteiger charge is 2.21. The molecule has 2 rings (SSSR count). The van der Waals surface area contributed by atoms with E-state index in [1.807, 2.05) is 12.1 Å². The van der Waals surface area contributed by atoms with Crippen LogP contribution < -0.4 is 0 Å². The fourth-order valence-electron chi connectivity index (χ4n) is 1.45. The molecule has 0 aromatic heterocycles. The number of hydrogen-bond donors (Lipinski definition) is 0. The van der Waals surface area contributed by atoms with Gasteiger partial charge in [-0.25, -0.2) is 4.79 Å². The predicted octanol–water partition coefficient (Wildman–Crippen LogP) is 1.74. The van der Waals surface area contributed by atoms with Crippen molar-refractivity contribution in [1.82, 2.24) is 0 Å². The minimum atomic E-state index is -0.571. The number of rotatable bonds is 3. The lowest BCUT2D eigenvalue weighted by molar-refractivity contribution is -0.0752. The molecule has 1 aliphatic heterocycles. The highest BCUT2D eigenvalue weighted by Crippen LogP contribution is 2.10. The van der Waals surface area contributed by atoms with Crippen molar-refractivity contribution in [3.63, 3.8) is 0 Å². The van der Waals surface area contributed by atoms with Gasteiger partial charge in [0.05, 0.1) is 5.56 Å². The zero-order valence-corrected chi connectivity index (χ0v) is 9.14. The second-order valence-electron chi connectivity index (χ2n) is 3.54. The summed E-state index contributed by atoms with van der Waals surface area (Å²) >= 11 is 0. The fourth-order valence-corrected chi connectivity index (χ4v) is 1.45. The first-order valence-electron chi connectivity index (χ1n) is 5.29.